The van der Waals surface area contributed by atoms with Gasteiger partial charge in [-0.05, 0) is 76.7 Å². The summed E-state index contributed by atoms with van der Waals surface area (Å²) < 4.78 is 30.7. The lowest BCUT2D eigenvalue weighted by Gasteiger charge is -2.27. The molecule has 0 aromatic heterocycles. The van der Waals surface area contributed by atoms with E-state index >= 15 is 0 Å². The highest BCUT2D eigenvalue weighted by Crippen LogP contribution is 2.38. The molecule has 1 N–H and O–H groups in total. The van der Waals surface area contributed by atoms with Crippen molar-refractivity contribution in [2.75, 3.05) is 20.3 Å². The molecule has 5 rings (SSSR count). The van der Waals surface area contributed by atoms with Crippen molar-refractivity contribution in [1.29, 1.82) is 5.41 Å². The number of thioether (sulfide) groups is 1. The van der Waals surface area contributed by atoms with Crippen LogP contribution in [-0.2, 0) is 10.2 Å². The SMILES string of the molecule is COc1cc(C=C2C(=N)N3C(c4ccc(F)cc4)=CSC3=NC2=O)ccc1OCCOc1ccc(C(C)(C)C)cc1. The number of methoxy groups -OCH3 is 1. The van der Waals surface area contributed by atoms with Gasteiger partial charge in [-0.15, -0.1) is 0 Å². The number of aliphatic imine (C=N–C) groups is 1. The molecule has 0 saturated carbocycles. The van der Waals surface area contributed by atoms with Crippen LogP contribution >= 0.6 is 11.8 Å². The van der Waals surface area contributed by atoms with Crippen LogP contribution in [0.2, 0.25) is 0 Å². The van der Waals surface area contributed by atoms with Gasteiger partial charge < -0.3 is 14.2 Å². The fourth-order valence-electron chi connectivity index (χ4n) is 4.35. The standard InChI is InChI=1S/C32H30FN3O4S/c1-32(2,3)22-8-12-24(13-9-22)39-15-16-40-27-14-5-20(18-28(27)38-4)17-25-29(34)36-26(19-41-31(36)35-30(25)37)21-6-10-23(33)11-7-21/h5-14,17-19,34H,15-16H2,1-4H3. The number of benzene rings is 3. The van der Waals surface area contributed by atoms with E-state index in [4.69, 9.17) is 19.6 Å². The van der Waals surface area contributed by atoms with E-state index in [1.54, 1.807) is 46.7 Å². The Bertz CT molecular complexity index is 1570. The summed E-state index contributed by atoms with van der Waals surface area (Å²) in [6.45, 7) is 7.17. The van der Waals surface area contributed by atoms with Crippen LogP contribution in [0.25, 0.3) is 11.8 Å². The van der Waals surface area contributed by atoms with Gasteiger partial charge in [-0.2, -0.15) is 4.99 Å². The molecule has 2 heterocycles. The van der Waals surface area contributed by atoms with Gasteiger partial charge in [0, 0.05) is 5.41 Å². The molecule has 2 aliphatic heterocycles. The third-order valence-electron chi connectivity index (χ3n) is 6.58. The molecule has 0 spiro atoms. The molecular formula is C32H30FN3O4S. The first-order valence-electron chi connectivity index (χ1n) is 13.0. The summed E-state index contributed by atoms with van der Waals surface area (Å²) in [6, 6.07) is 19.3. The maximum Gasteiger partial charge on any atom is 0.283 e. The molecule has 0 fully saturated rings. The third kappa shape index (κ3) is 6.20. The van der Waals surface area contributed by atoms with Crippen molar-refractivity contribution in [3.8, 4) is 17.2 Å². The zero-order valence-electron chi connectivity index (χ0n) is 23.2. The summed E-state index contributed by atoms with van der Waals surface area (Å²) in [6.07, 6.45) is 1.60. The fourth-order valence-corrected chi connectivity index (χ4v) is 5.24. The van der Waals surface area contributed by atoms with Gasteiger partial charge in [-0.1, -0.05) is 50.7 Å². The normalized spacial score (nSPS) is 15.9. The van der Waals surface area contributed by atoms with Crippen LogP contribution in [0.4, 0.5) is 4.39 Å². The van der Waals surface area contributed by atoms with Crippen molar-refractivity contribution >= 4 is 40.4 Å². The number of carbonyl (C=O) groups excluding carboxylic acids is 1. The second-order valence-corrected chi connectivity index (χ2v) is 11.3. The van der Waals surface area contributed by atoms with E-state index in [-0.39, 0.29) is 22.6 Å². The van der Waals surface area contributed by atoms with E-state index in [0.717, 1.165) is 11.3 Å². The number of amidine groups is 2. The van der Waals surface area contributed by atoms with E-state index in [0.29, 0.717) is 41.1 Å². The van der Waals surface area contributed by atoms with E-state index < -0.39 is 5.91 Å². The Morgan fingerprint density at radius 3 is 2.37 bits per heavy atom. The molecule has 0 radical (unpaired) electrons. The molecule has 0 bridgehead atoms. The molecule has 0 unspecified atom stereocenters. The monoisotopic (exact) mass is 571 g/mol. The van der Waals surface area contributed by atoms with Gasteiger partial charge in [0.2, 0.25) is 0 Å². The second kappa shape index (κ2) is 11.6. The highest BCUT2D eigenvalue weighted by Gasteiger charge is 2.36. The average Bonchev–Trinajstić information content (AvgIpc) is 3.37. The van der Waals surface area contributed by atoms with Crippen LogP contribution < -0.4 is 14.2 Å². The molecule has 210 valence electrons. The summed E-state index contributed by atoms with van der Waals surface area (Å²) in [5.41, 5.74) is 3.48. The maximum absolute atomic E-state index is 13.4. The molecule has 2 aliphatic rings. The largest absolute Gasteiger partial charge is 0.493 e. The number of halogens is 1. The zero-order valence-corrected chi connectivity index (χ0v) is 24.0. The molecule has 3 aromatic rings. The van der Waals surface area contributed by atoms with E-state index in [9.17, 15) is 9.18 Å². The number of nitrogens with one attached hydrogen (secondary N) is 1. The summed E-state index contributed by atoms with van der Waals surface area (Å²) >= 11 is 1.25. The minimum Gasteiger partial charge on any atom is -0.493 e. The maximum atomic E-state index is 13.4. The molecule has 7 nitrogen and oxygen atoms in total. The number of hydrogen-bond acceptors (Lipinski definition) is 6. The van der Waals surface area contributed by atoms with Crippen LogP contribution in [0.5, 0.6) is 17.2 Å². The first-order valence-corrected chi connectivity index (χ1v) is 13.9. The van der Waals surface area contributed by atoms with Gasteiger partial charge in [-0.25, -0.2) is 4.39 Å². The smallest absolute Gasteiger partial charge is 0.283 e. The minimum absolute atomic E-state index is 0.00690. The molecule has 1 amide bonds. The Morgan fingerprint density at radius 1 is 0.976 bits per heavy atom. The predicted octanol–water partition coefficient (Wildman–Crippen LogP) is 6.89. The van der Waals surface area contributed by atoms with Crippen molar-refractivity contribution in [2.45, 2.75) is 26.2 Å². The summed E-state index contributed by atoms with van der Waals surface area (Å²) in [7, 11) is 1.54. The predicted molar refractivity (Wildman–Crippen MR) is 161 cm³/mol. The lowest BCUT2D eigenvalue weighted by atomic mass is 9.87. The quantitative estimate of drug-likeness (QED) is 0.234. The lowest BCUT2D eigenvalue weighted by molar-refractivity contribution is -0.114. The number of carbonyl (C=O) groups is 1. The van der Waals surface area contributed by atoms with Crippen LogP contribution in [0, 0.1) is 11.2 Å². The Kier molecular flexibility index (Phi) is 7.99. The first-order chi connectivity index (χ1) is 19.6. The number of ether oxygens (including phenoxy) is 3. The number of fused-ring (bicyclic) bond motifs is 1. The van der Waals surface area contributed by atoms with Gasteiger partial charge in [0.25, 0.3) is 5.91 Å². The molecule has 9 heteroatoms. The number of rotatable bonds is 8. The van der Waals surface area contributed by atoms with Gasteiger partial charge in [-0.3, -0.25) is 15.1 Å². The summed E-state index contributed by atoms with van der Waals surface area (Å²) in [5, 5.41) is 11.0. The van der Waals surface area contributed by atoms with Crippen molar-refractivity contribution < 1.29 is 23.4 Å². The Labute approximate surface area is 242 Å². The lowest BCUT2D eigenvalue weighted by Crippen LogP contribution is -2.38. The summed E-state index contributed by atoms with van der Waals surface area (Å²) in [5.74, 6) is 0.927. The highest BCUT2D eigenvalue weighted by atomic mass is 32.2. The van der Waals surface area contributed by atoms with Crippen LogP contribution in [0.15, 0.2) is 82.7 Å². The Hall–Kier alpha value is -4.37. The molecule has 3 aromatic carbocycles. The van der Waals surface area contributed by atoms with Crippen LogP contribution in [0.3, 0.4) is 0 Å². The minimum atomic E-state index is -0.505. The van der Waals surface area contributed by atoms with Crippen molar-refractivity contribution in [1.82, 2.24) is 4.90 Å². The van der Waals surface area contributed by atoms with Gasteiger partial charge in [0.1, 0.15) is 30.6 Å². The zero-order chi connectivity index (χ0) is 29.1. The molecule has 41 heavy (non-hydrogen) atoms. The van der Waals surface area contributed by atoms with Crippen molar-refractivity contribution in [3.05, 3.63) is 100 Å². The fraction of sp³-hybridized carbons (Fsp3) is 0.219. The van der Waals surface area contributed by atoms with Gasteiger partial charge >= 0.3 is 0 Å². The number of nitrogens with zero attached hydrogens (tertiary/aromatic N) is 2. The second-order valence-electron chi connectivity index (χ2n) is 10.5. The van der Waals surface area contributed by atoms with E-state index in [1.165, 1.54) is 36.6 Å². The van der Waals surface area contributed by atoms with Gasteiger partial charge in [0.05, 0.1) is 18.4 Å². The third-order valence-corrected chi connectivity index (χ3v) is 7.41. The molecule has 0 aliphatic carbocycles. The number of amides is 1. The van der Waals surface area contributed by atoms with Crippen molar-refractivity contribution in [2.24, 2.45) is 4.99 Å². The molecular weight excluding hydrogens is 541 g/mol. The molecule has 0 saturated heterocycles. The average molecular weight is 572 g/mol. The topological polar surface area (TPSA) is 84.2 Å². The summed E-state index contributed by atoms with van der Waals surface area (Å²) in [4.78, 5) is 18.6. The van der Waals surface area contributed by atoms with E-state index in [2.05, 4.69) is 37.9 Å². The molecule has 0 atom stereocenters. The highest BCUT2D eigenvalue weighted by molar-refractivity contribution is 8.17. The van der Waals surface area contributed by atoms with E-state index in [1.807, 2.05) is 12.1 Å². The van der Waals surface area contributed by atoms with Gasteiger partial charge in [0.15, 0.2) is 16.7 Å². The van der Waals surface area contributed by atoms with Crippen molar-refractivity contribution in [3.63, 3.8) is 0 Å². The van der Waals surface area contributed by atoms with Crippen LogP contribution in [-0.4, -0.2) is 42.1 Å². The number of hydrogen-bond donors (Lipinski definition) is 1. The Morgan fingerprint density at radius 2 is 1.68 bits per heavy atom. The Balaban J connectivity index is 1.26. The first kappa shape index (κ1) is 28.2. The van der Waals surface area contributed by atoms with Crippen LogP contribution in [0.1, 0.15) is 37.5 Å².